The van der Waals surface area contributed by atoms with Gasteiger partial charge in [0.05, 0.1) is 22.1 Å². The third-order valence-corrected chi connectivity index (χ3v) is 7.36. The lowest BCUT2D eigenvalue weighted by molar-refractivity contribution is 1.12. The highest BCUT2D eigenvalue weighted by Crippen LogP contribution is 2.39. The van der Waals surface area contributed by atoms with Crippen LogP contribution in [-0.2, 0) is 6.42 Å². The first-order valence-corrected chi connectivity index (χ1v) is 12.4. The van der Waals surface area contributed by atoms with Crippen molar-refractivity contribution in [2.75, 3.05) is 0 Å². The number of hydrogen-bond acceptors (Lipinski definition) is 0. The molecular formula is C33H26N2. The van der Waals surface area contributed by atoms with Crippen molar-refractivity contribution in [2.24, 2.45) is 0 Å². The second kappa shape index (κ2) is 7.61. The van der Waals surface area contributed by atoms with Gasteiger partial charge in [0.25, 0.3) is 0 Å². The van der Waals surface area contributed by atoms with Crippen molar-refractivity contribution >= 4 is 43.6 Å². The van der Waals surface area contributed by atoms with E-state index in [-0.39, 0.29) is 0 Å². The van der Waals surface area contributed by atoms with Crippen LogP contribution in [0.2, 0.25) is 0 Å². The molecule has 7 aromatic rings. The van der Waals surface area contributed by atoms with E-state index >= 15 is 0 Å². The number of aromatic nitrogens is 2. The second-order valence-corrected chi connectivity index (χ2v) is 9.45. The molecule has 0 amide bonds. The van der Waals surface area contributed by atoms with E-state index in [9.17, 15) is 0 Å². The Morgan fingerprint density at radius 2 is 0.943 bits per heavy atom. The van der Waals surface area contributed by atoms with Gasteiger partial charge < -0.3 is 9.13 Å². The molecule has 0 aliphatic carbocycles. The maximum absolute atomic E-state index is 2.42. The molecule has 2 aromatic heterocycles. The first-order valence-electron chi connectivity index (χ1n) is 12.4. The molecule has 0 radical (unpaired) electrons. The number of hydrogen-bond donors (Lipinski definition) is 0. The molecule has 0 saturated heterocycles. The predicted molar refractivity (Wildman–Crippen MR) is 149 cm³/mol. The Bertz CT molecular complexity index is 1860. The molecule has 0 unspecified atom stereocenters. The summed E-state index contributed by atoms with van der Waals surface area (Å²) in [5.41, 5.74) is 10.00. The number of fused-ring (bicyclic) bond motifs is 6. The number of aryl methyl sites for hydroxylation is 2. The van der Waals surface area contributed by atoms with Gasteiger partial charge in [-0.05, 0) is 67.4 Å². The summed E-state index contributed by atoms with van der Waals surface area (Å²) in [5.74, 6) is 0. The van der Waals surface area contributed by atoms with Gasteiger partial charge >= 0.3 is 0 Å². The van der Waals surface area contributed by atoms with Gasteiger partial charge in [-0.25, -0.2) is 0 Å². The fourth-order valence-corrected chi connectivity index (χ4v) is 5.56. The summed E-state index contributed by atoms with van der Waals surface area (Å²) in [5, 5.41) is 5.12. The van der Waals surface area contributed by atoms with E-state index in [1.54, 1.807) is 0 Å². The molecule has 2 heterocycles. The fourth-order valence-electron chi connectivity index (χ4n) is 5.56. The molecular weight excluding hydrogens is 424 g/mol. The Kier molecular flexibility index (Phi) is 4.37. The van der Waals surface area contributed by atoms with Gasteiger partial charge in [-0.3, -0.25) is 0 Å². The summed E-state index contributed by atoms with van der Waals surface area (Å²) in [7, 11) is 0. The first kappa shape index (κ1) is 20.1. The van der Waals surface area contributed by atoms with E-state index in [1.807, 2.05) is 0 Å². The SMILES string of the molecule is CCc1ccc(-n2c3ccccc3c3cc4c(cc32)c2ccccc2n4-c2ccc(C)cc2)cc1. The van der Waals surface area contributed by atoms with Crippen molar-refractivity contribution < 1.29 is 0 Å². The number of benzene rings is 5. The molecule has 2 nitrogen and oxygen atoms in total. The van der Waals surface area contributed by atoms with Crippen LogP contribution in [0.15, 0.2) is 109 Å². The summed E-state index contributed by atoms with van der Waals surface area (Å²) in [6, 6.07) is 40.2. The molecule has 0 spiro atoms. The lowest BCUT2D eigenvalue weighted by Crippen LogP contribution is -1.95. The third kappa shape index (κ3) is 2.96. The van der Waals surface area contributed by atoms with E-state index in [4.69, 9.17) is 0 Å². The molecule has 2 heteroatoms. The molecule has 7 rings (SSSR count). The normalized spacial score (nSPS) is 11.8. The van der Waals surface area contributed by atoms with Crippen LogP contribution in [0.5, 0.6) is 0 Å². The average Bonchev–Trinajstić information content (AvgIpc) is 3.40. The van der Waals surface area contributed by atoms with Crippen LogP contribution in [0.3, 0.4) is 0 Å². The summed E-state index contributed by atoms with van der Waals surface area (Å²) >= 11 is 0. The van der Waals surface area contributed by atoms with E-state index in [0.29, 0.717) is 0 Å². The van der Waals surface area contributed by atoms with Gasteiger partial charge in [-0.15, -0.1) is 0 Å². The van der Waals surface area contributed by atoms with Crippen LogP contribution in [0, 0.1) is 6.92 Å². The smallest absolute Gasteiger partial charge is 0.0548 e. The molecule has 0 atom stereocenters. The molecule has 0 aliphatic heterocycles. The van der Waals surface area contributed by atoms with Gasteiger partial charge in [0.2, 0.25) is 0 Å². The molecule has 0 bridgehead atoms. The van der Waals surface area contributed by atoms with Crippen molar-refractivity contribution in [3.63, 3.8) is 0 Å². The van der Waals surface area contributed by atoms with Crippen molar-refractivity contribution in [2.45, 2.75) is 20.3 Å². The lowest BCUT2D eigenvalue weighted by Gasteiger charge is -2.10. The highest BCUT2D eigenvalue weighted by Gasteiger charge is 2.18. The Morgan fingerprint density at radius 3 is 1.43 bits per heavy atom. The zero-order valence-corrected chi connectivity index (χ0v) is 20.0. The average molecular weight is 451 g/mol. The minimum absolute atomic E-state index is 1.05. The predicted octanol–water partition coefficient (Wildman–Crippen LogP) is 8.75. The Labute approximate surface area is 204 Å². The largest absolute Gasteiger partial charge is 0.309 e. The van der Waals surface area contributed by atoms with E-state index < -0.39 is 0 Å². The molecule has 35 heavy (non-hydrogen) atoms. The number of rotatable bonds is 3. The van der Waals surface area contributed by atoms with Gasteiger partial charge in [0, 0.05) is 32.9 Å². The maximum atomic E-state index is 2.42. The monoisotopic (exact) mass is 450 g/mol. The molecule has 168 valence electrons. The van der Waals surface area contributed by atoms with Crippen LogP contribution >= 0.6 is 0 Å². The molecule has 0 saturated carbocycles. The van der Waals surface area contributed by atoms with Crippen molar-refractivity contribution in [1.29, 1.82) is 0 Å². The van der Waals surface area contributed by atoms with Gasteiger partial charge in [-0.1, -0.05) is 73.2 Å². The highest BCUT2D eigenvalue weighted by atomic mass is 15.0. The van der Waals surface area contributed by atoms with Crippen LogP contribution in [0.1, 0.15) is 18.1 Å². The second-order valence-electron chi connectivity index (χ2n) is 9.45. The topological polar surface area (TPSA) is 9.86 Å². The molecule has 5 aromatic carbocycles. The molecule has 0 fully saturated rings. The quantitative estimate of drug-likeness (QED) is 0.255. The van der Waals surface area contributed by atoms with Crippen molar-refractivity contribution in [3.05, 3.63) is 120 Å². The summed E-state index contributed by atoms with van der Waals surface area (Å²) in [4.78, 5) is 0. The Balaban J connectivity index is 1.63. The number of nitrogens with zero attached hydrogens (tertiary/aromatic N) is 2. The van der Waals surface area contributed by atoms with E-state index in [2.05, 4.69) is 132 Å². The van der Waals surface area contributed by atoms with Gasteiger partial charge in [-0.2, -0.15) is 0 Å². The minimum Gasteiger partial charge on any atom is -0.309 e. The Hall–Kier alpha value is -4.30. The van der Waals surface area contributed by atoms with Crippen LogP contribution in [0.4, 0.5) is 0 Å². The molecule has 0 aliphatic rings. The van der Waals surface area contributed by atoms with Gasteiger partial charge in [0.15, 0.2) is 0 Å². The maximum Gasteiger partial charge on any atom is 0.0548 e. The zero-order valence-electron chi connectivity index (χ0n) is 20.0. The Morgan fingerprint density at radius 1 is 0.486 bits per heavy atom. The lowest BCUT2D eigenvalue weighted by atomic mass is 10.1. The summed E-state index contributed by atoms with van der Waals surface area (Å²) in [6.45, 7) is 4.34. The third-order valence-electron chi connectivity index (χ3n) is 7.36. The summed E-state index contributed by atoms with van der Waals surface area (Å²) < 4.78 is 4.83. The minimum atomic E-state index is 1.05. The van der Waals surface area contributed by atoms with Crippen LogP contribution in [0.25, 0.3) is 55.0 Å². The van der Waals surface area contributed by atoms with Crippen molar-refractivity contribution in [3.8, 4) is 11.4 Å². The van der Waals surface area contributed by atoms with Crippen molar-refractivity contribution in [1.82, 2.24) is 9.13 Å². The first-order chi connectivity index (χ1) is 17.2. The fraction of sp³-hybridized carbons (Fsp3) is 0.0909. The van der Waals surface area contributed by atoms with E-state index in [0.717, 1.165) is 6.42 Å². The van der Waals surface area contributed by atoms with Crippen LogP contribution < -0.4 is 0 Å². The highest BCUT2D eigenvalue weighted by molar-refractivity contribution is 6.18. The van der Waals surface area contributed by atoms with Gasteiger partial charge in [0.1, 0.15) is 0 Å². The molecule has 0 N–H and O–H groups in total. The standard InChI is InChI=1S/C33H26N2/c1-3-23-14-18-25(19-15-23)35-31-11-7-5-9-27(31)29-20-32-28(21-33(29)35)26-8-4-6-10-30(26)34(32)24-16-12-22(2)13-17-24/h4-21H,3H2,1-2H3. The van der Waals surface area contributed by atoms with E-state index in [1.165, 1.54) is 66.1 Å². The van der Waals surface area contributed by atoms with Crippen LogP contribution in [-0.4, -0.2) is 9.13 Å². The number of para-hydroxylation sites is 2. The summed E-state index contributed by atoms with van der Waals surface area (Å²) in [6.07, 6.45) is 1.05. The zero-order chi connectivity index (χ0) is 23.5.